The Labute approximate surface area is 122 Å². The summed E-state index contributed by atoms with van der Waals surface area (Å²) in [5, 5.41) is 3.56. The van der Waals surface area contributed by atoms with Gasteiger partial charge in [0.05, 0.1) is 19.8 Å². The molecule has 1 aliphatic heterocycles. The number of nitrogens with one attached hydrogen (secondary N) is 1. The molecule has 2 rings (SSSR count). The van der Waals surface area contributed by atoms with E-state index in [0.29, 0.717) is 12.1 Å². The summed E-state index contributed by atoms with van der Waals surface area (Å²) in [6.07, 6.45) is 0.296. The van der Waals surface area contributed by atoms with Crippen molar-refractivity contribution >= 4 is 0 Å². The van der Waals surface area contributed by atoms with Gasteiger partial charge in [0, 0.05) is 25.7 Å². The maximum Gasteiger partial charge on any atom is 0.118 e. The minimum Gasteiger partial charge on any atom is -0.497 e. The van der Waals surface area contributed by atoms with Gasteiger partial charge in [0.2, 0.25) is 0 Å². The van der Waals surface area contributed by atoms with E-state index < -0.39 is 0 Å². The summed E-state index contributed by atoms with van der Waals surface area (Å²) in [7, 11) is 1.69. The van der Waals surface area contributed by atoms with Gasteiger partial charge in [-0.15, -0.1) is 0 Å². The molecule has 0 radical (unpaired) electrons. The predicted molar refractivity (Wildman–Crippen MR) is 81.3 cm³/mol. The molecule has 2 atom stereocenters. The smallest absolute Gasteiger partial charge is 0.118 e. The van der Waals surface area contributed by atoms with Crippen LogP contribution >= 0.6 is 0 Å². The molecule has 1 N–H and O–H groups in total. The van der Waals surface area contributed by atoms with Crippen molar-refractivity contribution in [3.8, 4) is 5.75 Å². The lowest BCUT2D eigenvalue weighted by Gasteiger charge is -2.32. The summed E-state index contributed by atoms with van der Waals surface area (Å²) < 4.78 is 11.0. The van der Waals surface area contributed by atoms with Crippen LogP contribution in [0.15, 0.2) is 24.3 Å². The van der Waals surface area contributed by atoms with E-state index in [2.05, 4.69) is 36.2 Å². The van der Waals surface area contributed by atoms with Gasteiger partial charge >= 0.3 is 0 Å². The van der Waals surface area contributed by atoms with E-state index in [0.717, 1.165) is 38.5 Å². The lowest BCUT2D eigenvalue weighted by Crippen LogP contribution is -2.46. The van der Waals surface area contributed by atoms with E-state index in [1.165, 1.54) is 5.56 Å². The third kappa shape index (κ3) is 4.20. The third-order valence-electron chi connectivity index (χ3n) is 3.94. The first kappa shape index (κ1) is 15.3. The fraction of sp³-hybridized carbons (Fsp3) is 0.625. The molecule has 1 fully saturated rings. The molecule has 20 heavy (non-hydrogen) atoms. The van der Waals surface area contributed by atoms with Crippen molar-refractivity contribution in [3.63, 3.8) is 0 Å². The maximum absolute atomic E-state index is 5.81. The molecule has 112 valence electrons. The minimum atomic E-state index is 0.296. The van der Waals surface area contributed by atoms with Crippen LogP contribution in [0.25, 0.3) is 0 Å². The molecule has 0 aliphatic carbocycles. The normalized spacial score (nSPS) is 21.6. The number of hydrogen-bond acceptors (Lipinski definition) is 4. The van der Waals surface area contributed by atoms with Crippen LogP contribution in [0, 0.1) is 0 Å². The van der Waals surface area contributed by atoms with Crippen molar-refractivity contribution in [2.75, 3.05) is 39.9 Å². The molecule has 1 unspecified atom stereocenters. The van der Waals surface area contributed by atoms with E-state index in [1.807, 2.05) is 12.1 Å². The Bertz CT molecular complexity index is 394. The van der Waals surface area contributed by atoms with Crippen molar-refractivity contribution in [2.24, 2.45) is 0 Å². The van der Waals surface area contributed by atoms with Crippen molar-refractivity contribution in [1.29, 1.82) is 0 Å². The molecule has 4 heteroatoms. The molecule has 0 amide bonds. The van der Waals surface area contributed by atoms with Gasteiger partial charge in [-0.25, -0.2) is 0 Å². The van der Waals surface area contributed by atoms with Gasteiger partial charge in [-0.3, -0.25) is 4.90 Å². The summed E-state index contributed by atoms with van der Waals surface area (Å²) >= 11 is 0. The first-order valence-electron chi connectivity index (χ1n) is 7.44. The Kier molecular flexibility index (Phi) is 5.83. The van der Waals surface area contributed by atoms with E-state index >= 15 is 0 Å². The van der Waals surface area contributed by atoms with E-state index in [9.17, 15) is 0 Å². The number of hydrogen-bond donors (Lipinski definition) is 1. The number of rotatable bonds is 6. The second-order valence-electron chi connectivity index (χ2n) is 5.29. The second kappa shape index (κ2) is 7.62. The average molecular weight is 278 g/mol. The molecule has 1 heterocycles. The fourth-order valence-electron chi connectivity index (χ4n) is 2.51. The number of likely N-dealkylation sites (N-methyl/N-ethyl adjacent to an activating group) is 1. The van der Waals surface area contributed by atoms with Crippen LogP contribution in [-0.4, -0.2) is 50.9 Å². The summed E-state index contributed by atoms with van der Waals surface area (Å²) in [6.45, 7) is 9.31. The van der Waals surface area contributed by atoms with Gasteiger partial charge in [-0.2, -0.15) is 0 Å². The van der Waals surface area contributed by atoms with Crippen molar-refractivity contribution in [1.82, 2.24) is 10.2 Å². The zero-order valence-corrected chi connectivity index (χ0v) is 12.8. The second-order valence-corrected chi connectivity index (χ2v) is 5.29. The van der Waals surface area contributed by atoms with E-state index in [1.54, 1.807) is 7.11 Å². The topological polar surface area (TPSA) is 33.7 Å². The highest BCUT2D eigenvalue weighted by molar-refractivity contribution is 5.28. The predicted octanol–water partition coefficient (Wildman–Crippen LogP) is 2.07. The van der Waals surface area contributed by atoms with E-state index in [-0.39, 0.29) is 0 Å². The molecular weight excluding hydrogens is 252 g/mol. The molecule has 4 nitrogen and oxygen atoms in total. The van der Waals surface area contributed by atoms with Crippen molar-refractivity contribution < 1.29 is 9.47 Å². The van der Waals surface area contributed by atoms with Crippen molar-refractivity contribution in [3.05, 3.63) is 29.8 Å². The highest BCUT2D eigenvalue weighted by atomic mass is 16.5. The lowest BCUT2D eigenvalue weighted by molar-refractivity contribution is -0.0262. The van der Waals surface area contributed by atoms with Gasteiger partial charge in [0.15, 0.2) is 0 Å². The van der Waals surface area contributed by atoms with Gasteiger partial charge in [-0.05, 0) is 31.2 Å². The molecule has 1 aromatic rings. The van der Waals surface area contributed by atoms with Crippen LogP contribution in [0.5, 0.6) is 5.75 Å². The van der Waals surface area contributed by atoms with Gasteiger partial charge in [0.25, 0.3) is 0 Å². The SMILES string of the molecule is CCN1CCOC(CN[C@@H](C)c2ccc(OC)cc2)C1. The zero-order chi connectivity index (χ0) is 14.4. The molecule has 1 saturated heterocycles. The Morgan fingerprint density at radius 3 is 2.80 bits per heavy atom. The highest BCUT2D eigenvalue weighted by Crippen LogP contribution is 2.17. The van der Waals surface area contributed by atoms with E-state index in [4.69, 9.17) is 9.47 Å². The number of methoxy groups -OCH3 is 1. The van der Waals surface area contributed by atoms with Gasteiger partial charge < -0.3 is 14.8 Å². The third-order valence-corrected chi connectivity index (χ3v) is 3.94. The maximum atomic E-state index is 5.81. The molecule has 0 spiro atoms. The quantitative estimate of drug-likeness (QED) is 0.863. The number of benzene rings is 1. The Morgan fingerprint density at radius 2 is 2.15 bits per heavy atom. The Balaban J connectivity index is 1.80. The van der Waals surface area contributed by atoms with Gasteiger partial charge in [-0.1, -0.05) is 19.1 Å². The summed E-state index contributed by atoms with van der Waals surface area (Å²) in [5.41, 5.74) is 1.27. The minimum absolute atomic E-state index is 0.296. The Hall–Kier alpha value is -1.10. The first-order chi connectivity index (χ1) is 9.72. The summed E-state index contributed by atoms with van der Waals surface area (Å²) in [4.78, 5) is 2.44. The van der Waals surface area contributed by atoms with Crippen LogP contribution in [-0.2, 0) is 4.74 Å². The standard InChI is InChI=1S/C16H26N2O2/c1-4-18-9-10-20-16(12-18)11-17-13(2)14-5-7-15(19-3)8-6-14/h5-8,13,16-17H,4,9-12H2,1-3H3/t13-,16?/m0/s1. The lowest BCUT2D eigenvalue weighted by atomic mass is 10.1. The van der Waals surface area contributed by atoms with Crippen LogP contribution in [0.2, 0.25) is 0 Å². The molecule has 0 saturated carbocycles. The molecule has 1 aromatic carbocycles. The zero-order valence-electron chi connectivity index (χ0n) is 12.8. The van der Waals surface area contributed by atoms with Crippen LogP contribution in [0.4, 0.5) is 0 Å². The molecule has 1 aliphatic rings. The summed E-state index contributed by atoms with van der Waals surface area (Å²) in [6, 6.07) is 8.54. The van der Waals surface area contributed by atoms with Crippen LogP contribution in [0.1, 0.15) is 25.5 Å². The Morgan fingerprint density at radius 1 is 1.40 bits per heavy atom. The number of ether oxygens (including phenoxy) is 2. The first-order valence-corrected chi connectivity index (χ1v) is 7.44. The largest absolute Gasteiger partial charge is 0.497 e. The highest BCUT2D eigenvalue weighted by Gasteiger charge is 2.19. The summed E-state index contributed by atoms with van der Waals surface area (Å²) in [5.74, 6) is 0.898. The monoisotopic (exact) mass is 278 g/mol. The molecule has 0 bridgehead atoms. The fourth-order valence-corrected chi connectivity index (χ4v) is 2.51. The van der Waals surface area contributed by atoms with Crippen LogP contribution < -0.4 is 10.1 Å². The number of nitrogens with zero attached hydrogens (tertiary/aromatic N) is 1. The van der Waals surface area contributed by atoms with Crippen molar-refractivity contribution in [2.45, 2.75) is 26.0 Å². The number of morpholine rings is 1. The average Bonchev–Trinajstić information content (AvgIpc) is 2.53. The molecule has 0 aromatic heterocycles. The molecular formula is C16H26N2O2. The van der Waals surface area contributed by atoms with Gasteiger partial charge in [0.1, 0.15) is 5.75 Å². The van der Waals surface area contributed by atoms with Crippen LogP contribution in [0.3, 0.4) is 0 Å².